The number of ether oxygens (including phenoxy) is 1. The number of nitrogens with zero attached hydrogens (tertiary/aromatic N) is 1. The number of hydrogen-bond donors (Lipinski definition) is 1. The molecule has 0 amide bonds. The van der Waals surface area contributed by atoms with Crippen LogP contribution in [0.15, 0.2) is 24.3 Å². The number of carbonyl (C=O) groups is 1. The van der Waals surface area contributed by atoms with Crippen molar-refractivity contribution in [1.29, 1.82) is 0 Å². The SMILES string of the molecule is CCOC(=O)CN(CCO)C1CCc2ccccc21. The minimum absolute atomic E-state index is 0.0536. The van der Waals surface area contributed by atoms with E-state index in [1.54, 1.807) is 6.92 Å². The third-order valence-corrected chi connectivity index (χ3v) is 3.57. The molecule has 0 aromatic heterocycles. The van der Waals surface area contributed by atoms with E-state index in [1.165, 1.54) is 11.1 Å². The second-order valence-corrected chi connectivity index (χ2v) is 4.75. The lowest BCUT2D eigenvalue weighted by Gasteiger charge is -2.27. The van der Waals surface area contributed by atoms with Gasteiger partial charge in [0.1, 0.15) is 0 Å². The summed E-state index contributed by atoms with van der Waals surface area (Å²) in [5.41, 5.74) is 2.62. The maximum atomic E-state index is 11.7. The lowest BCUT2D eigenvalue weighted by molar-refractivity contribution is -0.145. The van der Waals surface area contributed by atoms with Gasteiger partial charge in [-0.3, -0.25) is 9.69 Å². The quantitative estimate of drug-likeness (QED) is 0.791. The molecule has 1 aliphatic carbocycles. The Kier molecular flexibility index (Phi) is 4.93. The van der Waals surface area contributed by atoms with Crippen LogP contribution in [0.2, 0.25) is 0 Å². The van der Waals surface area contributed by atoms with E-state index in [9.17, 15) is 9.90 Å². The lowest BCUT2D eigenvalue weighted by Crippen LogP contribution is -2.35. The van der Waals surface area contributed by atoms with Crippen molar-refractivity contribution in [3.05, 3.63) is 35.4 Å². The summed E-state index contributed by atoms with van der Waals surface area (Å²) in [6, 6.07) is 8.54. The average Bonchev–Trinajstić information content (AvgIpc) is 2.82. The first kappa shape index (κ1) is 14.0. The summed E-state index contributed by atoms with van der Waals surface area (Å²) in [7, 11) is 0. The van der Waals surface area contributed by atoms with Crippen molar-refractivity contribution < 1.29 is 14.6 Å². The van der Waals surface area contributed by atoms with E-state index in [-0.39, 0.29) is 25.2 Å². The van der Waals surface area contributed by atoms with Crippen molar-refractivity contribution in [2.45, 2.75) is 25.8 Å². The Hall–Kier alpha value is -1.39. The van der Waals surface area contributed by atoms with Crippen molar-refractivity contribution >= 4 is 5.97 Å². The molecule has 19 heavy (non-hydrogen) atoms. The van der Waals surface area contributed by atoms with Crippen LogP contribution in [0, 0.1) is 0 Å². The summed E-state index contributed by atoms with van der Waals surface area (Å²) in [5.74, 6) is -0.222. The van der Waals surface area contributed by atoms with Crippen LogP contribution in [0.4, 0.5) is 0 Å². The molecule has 4 heteroatoms. The van der Waals surface area contributed by atoms with Crippen molar-refractivity contribution in [3.63, 3.8) is 0 Å². The van der Waals surface area contributed by atoms with E-state index in [0.29, 0.717) is 13.2 Å². The normalized spacial score (nSPS) is 17.5. The predicted octanol–water partition coefficient (Wildman–Crippen LogP) is 1.53. The van der Waals surface area contributed by atoms with Crippen LogP contribution >= 0.6 is 0 Å². The summed E-state index contributed by atoms with van der Waals surface area (Å²) in [5, 5.41) is 9.19. The van der Waals surface area contributed by atoms with Crippen LogP contribution in [0.3, 0.4) is 0 Å². The van der Waals surface area contributed by atoms with E-state index in [1.807, 2.05) is 17.0 Å². The number of fused-ring (bicyclic) bond motifs is 1. The van der Waals surface area contributed by atoms with Gasteiger partial charge in [-0.05, 0) is 30.9 Å². The highest BCUT2D eigenvalue weighted by atomic mass is 16.5. The smallest absolute Gasteiger partial charge is 0.320 e. The van der Waals surface area contributed by atoms with Crippen LogP contribution < -0.4 is 0 Å². The number of aliphatic hydroxyl groups excluding tert-OH is 1. The fraction of sp³-hybridized carbons (Fsp3) is 0.533. The largest absolute Gasteiger partial charge is 0.465 e. The average molecular weight is 263 g/mol. The van der Waals surface area contributed by atoms with Gasteiger partial charge >= 0.3 is 5.97 Å². The van der Waals surface area contributed by atoms with E-state index in [2.05, 4.69) is 12.1 Å². The number of aryl methyl sites for hydroxylation is 1. The number of rotatable bonds is 6. The molecule has 0 heterocycles. The molecular formula is C15H21NO3. The summed E-state index contributed by atoms with van der Waals surface area (Å²) in [4.78, 5) is 13.7. The number of carbonyl (C=O) groups excluding carboxylic acids is 1. The molecule has 4 nitrogen and oxygen atoms in total. The van der Waals surface area contributed by atoms with Crippen molar-refractivity contribution in [2.75, 3.05) is 26.3 Å². The molecule has 1 atom stereocenters. The Balaban J connectivity index is 2.10. The van der Waals surface area contributed by atoms with E-state index < -0.39 is 0 Å². The summed E-state index contributed by atoms with van der Waals surface area (Å²) in [6.45, 7) is 3.00. The first-order chi connectivity index (χ1) is 9.26. The number of benzene rings is 1. The van der Waals surface area contributed by atoms with Gasteiger partial charge in [0.25, 0.3) is 0 Å². The first-order valence-electron chi connectivity index (χ1n) is 6.84. The van der Waals surface area contributed by atoms with Gasteiger partial charge in [-0.25, -0.2) is 0 Å². The number of esters is 1. The topological polar surface area (TPSA) is 49.8 Å². The lowest BCUT2D eigenvalue weighted by atomic mass is 10.1. The molecule has 0 spiro atoms. The third kappa shape index (κ3) is 3.33. The minimum Gasteiger partial charge on any atom is -0.465 e. The second-order valence-electron chi connectivity index (χ2n) is 4.75. The molecular weight excluding hydrogens is 242 g/mol. The summed E-state index contributed by atoms with van der Waals surface area (Å²) < 4.78 is 5.00. The third-order valence-electron chi connectivity index (χ3n) is 3.57. The van der Waals surface area contributed by atoms with Gasteiger partial charge in [0.15, 0.2) is 0 Å². The van der Waals surface area contributed by atoms with Crippen LogP contribution in [-0.2, 0) is 16.0 Å². The molecule has 0 saturated heterocycles. The standard InChI is InChI=1S/C15H21NO3/c1-2-19-15(18)11-16(9-10-17)14-8-7-12-5-3-4-6-13(12)14/h3-6,14,17H,2,7-11H2,1H3. The molecule has 104 valence electrons. The zero-order valence-electron chi connectivity index (χ0n) is 11.3. The summed E-state index contributed by atoms with van der Waals surface area (Å²) in [6.07, 6.45) is 2.03. The number of aliphatic hydroxyl groups is 1. The highest BCUT2D eigenvalue weighted by Gasteiger charge is 2.28. The Morgan fingerprint density at radius 3 is 3.00 bits per heavy atom. The zero-order chi connectivity index (χ0) is 13.7. The van der Waals surface area contributed by atoms with Crippen LogP contribution in [0.5, 0.6) is 0 Å². The molecule has 0 aliphatic heterocycles. The fourth-order valence-corrected chi connectivity index (χ4v) is 2.76. The highest BCUT2D eigenvalue weighted by molar-refractivity contribution is 5.71. The summed E-state index contributed by atoms with van der Waals surface area (Å²) >= 11 is 0. The molecule has 0 radical (unpaired) electrons. The van der Waals surface area contributed by atoms with Gasteiger partial charge in [0.05, 0.1) is 19.8 Å². The van der Waals surface area contributed by atoms with E-state index >= 15 is 0 Å². The minimum atomic E-state index is -0.222. The predicted molar refractivity (Wildman–Crippen MR) is 72.8 cm³/mol. The van der Waals surface area contributed by atoms with Crippen LogP contribution in [-0.4, -0.2) is 42.3 Å². The molecule has 2 rings (SSSR count). The van der Waals surface area contributed by atoms with Crippen LogP contribution in [0.25, 0.3) is 0 Å². The zero-order valence-corrected chi connectivity index (χ0v) is 11.3. The van der Waals surface area contributed by atoms with Crippen molar-refractivity contribution in [3.8, 4) is 0 Å². The number of hydrogen-bond acceptors (Lipinski definition) is 4. The molecule has 1 unspecified atom stereocenters. The monoisotopic (exact) mass is 263 g/mol. The van der Waals surface area contributed by atoms with Gasteiger partial charge in [0.2, 0.25) is 0 Å². The highest BCUT2D eigenvalue weighted by Crippen LogP contribution is 2.35. The molecule has 1 N–H and O–H groups in total. The van der Waals surface area contributed by atoms with Crippen molar-refractivity contribution in [2.24, 2.45) is 0 Å². The molecule has 1 aromatic carbocycles. The molecule has 0 saturated carbocycles. The molecule has 0 fully saturated rings. The Morgan fingerprint density at radius 1 is 1.47 bits per heavy atom. The maximum absolute atomic E-state index is 11.7. The Labute approximate surface area is 114 Å². The van der Waals surface area contributed by atoms with Crippen LogP contribution in [0.1, 0.15) is 30.5 Å². The molecule has 0 bridgehead atoms. The van der Waals surface area contributed by atoms with Gasteiger partial charge in [0, 0.05) is 12.6 Å². The first-order valence-corrected chi connectivity index (χ1v) is 6.84. The van der Waals surface area contributed by atoms with Crippen molar-refractivity contribution in [1.82, 2.24) is 4.90 Å². The Morgan fingerprint density at radius 2 is 2.26 bits per heavy atom. The van der Waals surface area contributed by atoms with Gasteiger partial charge in [-0.2, -0.15) is 0 Å². The molecule has 1 aromatic rings. The van der Waals surface area contributed by atoms with Gasteiger partial charge in [-0.15, -0.1) is 0 Å². The molecule has 1 aliphatic rings. The van der Waals surface area contributed by atoms with Gasteiger partial charge in [-0.1, -0.05) is 24.3 Å². The van der Waals surface area contributed by atoms with E-state index in [4.69, 9.17) is 4.74 Å². The fourth-order valence-electron chi connectivity index (χ4n) is 2.76. The Bertz CT molecular complexity index is 433. The van der Waals surface area contributed by atoms with Gasteiger partial charge < -0.3 is 9.84 Å². The van der Waals surface area contributed by atoms with E-state index in [0.717, 1.165) is 12.8 Å². The maximum Gasteiger partial charge on any atom is 0.320 e. The second kappa shape index (κ2) is 6.68.